The fraction of sp³-hybridized carbons (Fsp3) is 0.516. The normalized spacial score (nSPS) is 24.4. The van der Waals surface area contributed by atoms with Crippen molar-refractivity contribution in [2.24, 2.45) is 22.9 Å². The van der Waals surface area contributed by atoms with Crippen LogP contribution in [0, 0.1) is 0 Å². The van der Waals surface area contributed by atoms with E-state index in [-0.39, 0.29) is 88.9 Å². The number of fused-ring (bicyclic) bond motifs is 4. The van der Waals surface area contributed by atoms with Gasteiger partial charge in [-0.05, 0) is 106 Å². The lowest BCUT2D eigenvalue weighted by Crippen LogP contribution is -2.61. The van der Waals surface area contributed by atoms with Crippen molar-refractivity contribution >= 4 is 146 Å². The number of primary amides is 2. The number of aromatic hydroxyl groups is 1. The minimum absolute atomic E-state index is 0.0417. The van der Waals surface area contributed by atoms with Crippen molar-refractivity contribution in [1.29, 1.82) is 0 Å². The molecule has 0 aliphatic carbocycles. The molecule has 3 aliphatic heterocycles. The van der Waals surface area contributed by atoms with E-state index in [1.807, 2.05) is 13.8 Å². The lowest BCUT2D eigenvalue weighted by molar-refractivity contribution is -0.149. The van der Waals surface area contributed by atoms with Crippen LogP contribution < -0.4 is 76.1 Å². The maximum Gasteiger partial charge on any atom is 0.323 e. The number of phenolic OH excluding ortho intramolecular Hbond substituents is 1. The molecule has 0 unspecified atom stereocenters. The Hall–Kier alpha value is -14.1. The first-order valence-electron chi connectivity index (χ1n) is 45.7. The second-order valence-corrected chi connectivity index (χ2v) is 35.6. The van der Waals surface area contributed by atoms with Gasteiger partial charge in [0.05, 0.1) is 31.1 Å². The summed E-state index contributed by atoms with van der Waals surface area (Å²) in [5, 5.41) is 69.0. The number of nitrogens with two attached hydrogens (primary N) is 4. The smallest absolute Gasteiger partial charge is 0.323 e. The standard InChI is InChI=1S/C91H125N23O23S/c1-7-9-19-69-84(130)102-60(30-32-93)81(127)108-67(79(125)98-42-74(95)118)46-138-47-75(119)100-64(34-50-23-25-54(115)26-24-50)87(133)109(4)49(3)78(124)106-66(39-73(94)117)90(136)113-33-15-22-70(113)85(131)105-63(37-53-41-96-48-99-53)83(129)103-61(27-28-76(120)121)89(135)114-44-55(116)38-72(114)86(132)104-62(35-51-40-97-58-18-13-11-16-56(51)58)82(128)101-59(29-31-92)80(126)107-65(88(134)111(6)71(20-10-8-2)91(137)110(69)5)36-52-43-112(45-77(122)123)68-21-14-12-17-57(52)68/h11-14,16-18,21,23-26,40-41,43,48-49,55,59-67,69-72,97,115-116H,7-10,15,19-20,22,27-39,42,44-47,92-93H2,1-6H3,(H2,94,117)(H2,95,118)(H,96,99)(H,98,125)(H,100,119)(H,101,128)(H,102,130)(H,103,129)(H,104,132)(H,105,131)(H,106,124)(H,107,126)(H,108,127)(H,120,121)(H,122,123)/t49-,55+,59-,60-,61-,62-,63-,64-,65-,66-,67-,69-,70-,71-,72-/m0/s1. The van der Waals surface area contributed by atoms with E-state index in [4.69, 9.17) is 22.9 Å². The van der Waals surface area contributed by atoms with E-state index in [0.717, 1.165) is 36.3 Å². The van der Waals surface area contributed by atoms with E-state index < -0.39 is 273 Å². The van der Waals surface area contributed by atoms with E-state index in [0.29, 0.717) is 57.8 Å². The fourth-order valence-corrected chi connectivity index (χ4v) is 17.8. The average Bonchev–Trinajstić information content (AvgIpc) is 1.65. The van der Waals surface area contributed by atoms with Crippen molar-refractivity contribution in [3.63, 3.8) is 0 Å². The molecule has 47 heteroatoms. The van der Waals surface area contributed by atoms with Crippen LogP contribution in [0.5, 0.6) is 5.75 Å². The SMILES string of the molecule is CCCC[C@H]1C(=O)N(C)[C@@H](CCCC)C(=O)N[C@@H](CCN)C(=O)N[C@H](C(=O)NCC(N)=O)CSCC(=O)N[C@@H](Cc2ccc(O)cc2)C(=O)N(C)[C@@H](C)C(=O)N[C@@H](CC(N)=O)C(=O)N2CCC[C@H]2C(=O)N[C@@H](Cc2cnc[nH]2)C(=O)N[C@@H](CCC(=O)O)C(=O)N2C[C@H](O)C[C@H]2C(=O)N[C@@H](Cc2c[nH]c3ccccc23)C(=O)N[C@@H](CCN)C(=O)N[C@@H](Cc2cn(CC(=O)O)c3ccccc23)C(=O)N1C. The molecule has 17 amide bonds. The van der Waals surface area contributed by atoms with Crippen LogP contribution in [-0.4, -0.2) is 333 Å². The van der Waals surface area contributed by atoms with Crippen LogP contribution in [0.25, 0.3) is 21.8 Å². The van der Waals surface area contributed by atoms with Crippen molar-refractivity contribution in [2.45, 2.75) is 234 Å². The Kier molecular flexibility index (Phi) is 39.9. The van der Waals surface area contributed by atoms with Crippen molar-refractivity contribution < 1.29 is 112 Å². The molecule has 138 heavy (non-hydrogen) atoms. The summed E-state index contributed by atoms with van der Waals surface area (Å²) in [5.41, 5.74) is 25.8. The monoisotopic (exact) mass is 1940 g/mol. The second kappa shape index (κ2) is 51.2. The van der Waals surface area contributed by atoms with Gasteiger partial charge in [0.2, 0.25) is 100 Å². The first kappa shape index (κ1) is 108. The molecule has 3 aromatic heterocycles. The van der Waals surface area contributed by atoms with Gasteiger partial charge in [-0.25, -0.2) is 4.98 Å². The van der Waals surface area contributed by atoms with Gasteiger partial charge in [-0.2, -0.15) is 0 Å². The number of aliphatic hydroxyl groups is 1. The Morgan fingerprint density at radius 1 is 0.536 bits per heavy atom. The summed E-state index contributed by atoms with van der Waals surface area (Å²) in [4.78, 5) is 290. The molecule has 3 saturated heterocycles. The number of unbranched alkanes of at least 4 members (excludes halogenated alkanes) is 2. The Morgan fingerprint density at radius 2 is 1.09 bits per heavy atom. The highest BCUT2D eigenvalue weighted by molar-refractivity contribution is 8.00. The zero-order chi connectivity index (χ0) is 101. The number of carbonyl (C=O) groups is 19. The molecule has 3 aliphatic rings. The van der Waals surface area contributed by atoms with E-state index in [1.165, 1.54) is 75.6 Å². The molecule has 46 nitrogen and oxygen atoms in total. The number of benzene rings is 3. The van der Waals surface area contributed by atoms with E-state index in [9.17, 15) is 73.2 Å². The summed E-state index contributed by atoms with van der Waals surface area (Å²) in [7, 11) is 3.81. The number of para-hydroxylation sites is 2. The molecule has 15 atom stereocenters. The first-order chi connectivity index (χ1) is 65.7. The number of carbonyl (C=O) groups excluding carboxylic acids is 17. The number of phenols is 1. The molecule has 0 bridgehead atoms. The van der Waals surface area contributed by atoms with Crippen LogP contribution in [0.15, 0.2) is 97.7 Å². The fourth-order valence-electron chi connectivity index (χ4n) is 17.0. The van der Waals surface area contributed by atoms with Gasteiger partial charge in [-0.1, -0.05) is 88.1 Å². The maximum atomic E-state index is 16.0. The van der Waals surface area contributed by atoms with Gasteiger partial charge in [0, 0.05) is 125 Å². The van der Waals surface area contributed by atoms with Crippen LogP contribution in [0.3, 0.4) is 0 Å². The number of rotatable bonds is 28. The third-order valence-corrected chi connectivity index (χ3v) is 25.5. The Balaban J connectivity index is 1.12. The number of aromatic amines is 2. The number of nitrogens with zero attached hydrogens (tertiary/aromatic N) is 7. The van der Waals surface area contributed by atoms with Crippen molar-refractivity contribution in [2.75, 3.05) is 65.4 Å². The number of aliphatic carboxylic acids is 2. The van der Waals surface area contributed by atoms with E-state index >= 15 is 38.4 Å². The predicted octanol–water partition coefficient (Wildman–Crippen LogP) is -4.11. The highest BCUT2D eigenvalue weighted by Crippen LogP contribution is 2.29. The molecule has 9 rings (SSSR count). The number of aromatic nitrogens is 4. The molecule has 3 aromatic carbocycles. The van der Waals surface area contributed by atoms with E-state index in [1.54, 1.807) is 54.7 Å². The van der Waals surface area contributed by atoms with Gasteiger partial charge < -0.3 is 136 Å². The summed E-state index contributed by atoms with van der Waals surface area (Å²) in [6.07, 6.45) is 0.604. The molecule has 6 heterocycles. The molecule has 6 aromatic rings. The number of aliphatic hydroxyl groups excluding tert-OH is 1. The lowest BCUT2D eigenvalue weighted by atomic mass is 9.99. The Bertz CT molecular complexity index is 5380. The van der Waals surface area contributed by atoms with Crippen LogP contribution in [0.4, 0.5) is 0 Å². The minimum atomic E-state index is -1.86. The third-order valence-electron chi connectivity index (χ3n) is 24.5. The number of nitrogens with one attached hydrogen (secondary N) is 12. The number of carboxylic acids is 2. The molecule has 3 fully saturated rings. The molecular formula is C91H125N23O23S. The number of amides is 17. The summed E-state index contributed by atoms with van der Waals surface area (Å²) in [6.45, 7) is 2.23. The number of hydrogen-bond donors (Lipinski definition) is 20. The molecule has 0 radical (unpaired) electrons. The number of hydrogen-bond acceptors (Lipinski definition) is 25. The Morgan fingerprint density at radius 3 is 1.72 bits per heavy atom. The first-order valence-corrected chi connectivity index (χ1v) is 46.8. The maximum absolute atomic E-state index is 16.0. The van der Waals surface area contributed by atoms with Crippen molar-refractivity contribution in [3.05, 3.63) is 120 Å². The molecular weight excluding hydrogens is 1820 g/mol. The average molecular weight is 1940 g/mol. The molecule has 0 saturated carbocycles. The summed E-state index contributed by atoms with van der Waals surface area (Å²) >= 11 is 0.746. The van der Waals surface area contributed by atoms with Gasteiger partial charge in [0.15, 0.2) is 0 Å². The molecule has 748 valence electrons. The predicted molar refractivity (Wildman–Crippen MR) is 500 cm³/mol. The van der Waals surface area contributed by atoms with Crippen molar-refractivity contribution in [1.82, 2.24) is 97.2 Å². The van der Waals surface area contributed by atoms with Gasteiger partial charge in [-0.15, -0.1) is 11.8 Å². The minimum Gasteiger partial charge on any atom is -0.508 e. The van der Waals surface area contributed by atoms with Gasteiger partial charge in [0.1, 0.15) is 96.9 Å². The zero-order valence-corrected chi connectivity index (χ0v) is 78.5. The van der Waals surface area contributed by atoms with Gasteiger partial charge in [-0.3, -0.25) is 91.1 Å². The largest absolute Gasteiger partial charge is 0.508 e. The summed E-state index contributed by atoms with van der Waals surface area (Å²) in [6, 6.07) is -3.78. The Labute approximate surface area is 798 Å². The van der Waals surface area contributed by atoms with Gasteiger partial charge in [0.25, 0.3) is 0 Å². The number of H-pyrrole nitrogens is 2. The van der Waals surface area contributed by atoms with Crippen LogP contribution in [0.1, 0.15) is 133 Å². The van der Waals surface area contributed by atoms with Gasteiger partial charge >= 0.3 is 11.9 Å². The number of thioether (sulfide) groups is 1. The summed E-state index contributed by atoms with van der Waals surface area (Å²) in [5.74, 6) is -20.9. The number of likely N-dealkylation sites (N-methyl/N-ethyl adjacent to an activating group) is 3. The zero-order valence-electron chi connectivity index (χ0n) is 77.7. The van der Waals surface area contributed by atoms with Crippen LogP contribution in [0.2, 0.25) is 0 Å². The molecule has 0 spiro atoms. The quantitative estimate of drug-likeness (QED) is 0.0222. The lowest BCUT2D eigenvalue weighted by Gasteiger charge is -2.36. The topological polar surface area (TPSA) is 695 Å². The third kappa shape index (κ3) is 29.5. The highest BCUT2D eigenvalue weighted by atomic mass is 32.2. The molecule has 24 N–H and O–H groups in total. The van der Waals surface area contributed by atoms with Crippen LogP contribution in [-0.2, 0) is 123 Å². The second-order valence-electron chi connectivity index (χ2n) is 34.6. The summed E-state index contributed by atoms with van der Waals surface area (Å²) < 4.78 is 1.42. The van der Waals surface area contributed by atoms with E-state index in [2.05, 4.69) is 68.1 Å². The number of carboxylic acid groups (broad SMARTS) is 2. The van der Waals surface area contributed by atoms with Crippen LogP contribution >= 0.6 is 11.8 Å². The number of imidazole rings is 1. The highest BCUT2D eigenvalue weighted by Gasteiger charge is 2.47. The van der Waals surface area contributed by atoms with Crippen molar-refractivity contribution in [3.8, 4) is 5.75 Å².